The SMILES string of the molecule is O=C(C[C@H]1SC(=Nc2ccccc2)N(CCCO)C1=O)Nc1ccccc1F. The van der Waals surface area contributed by atoms with Crippen LogP contribution in [0.25, 0.3) is 0 Å². The van der Waals surface area contributed by atoms with E-state index in [1.165, 1.54) is 34.9 Å². The molecule has 0 saturated carbocycles. The summed E-state index contributed by atoms with van der Waals surface area (Å²) < 4.78 is 13.7. The predicted octanol–water partition coefficient (Wildman–Crippen LogP) is 3.17. The maximum atomic E-state index is 13.7. The molecule has 2 aromatic rings. The molecule has 0 unspecified atom stereocenters. The zero-order valence-corrected chi connectivity index (χ0v) is 15.9. The Labute approximate surface area is 166 Å². The molecule has 8 heteroatoms. The smallest absolute Gasteiger partial charge is 0.242 e. The molecule has 2 aromatic carbocycles. The van der Waals surface area contributed by atoms with Crippen molar-refractivity contribution in [1.29, 1.82) is 0 Å². The largest absolute Gasteiger partial charge is 0.396 e. The standard InChI is InChI=1S/C20H20FN3O3S/c21-15-9-4-5-10-16(15)23-18(26)13-17-19(27)24(11-6-12-25)20(28-17)22-14-7-2-1-3-8-14/h1-5,7-10,17,25H,6,11-13H2,(H,23,26)/t17-/m1/s1. The quantitative estimate of drug-likeness (QED) is 0.747. The Morgan fingerprint density at radius 1 is 1.18 bits per heavy atom. The van der Waals surface area contributed by atoms with Crippen molar-refractivity contribution >= 4 is 40.1 Å². The van der Waals surface area contributed by atoms with E-state index in [1.807, 2.05) is 30.3 Å². The van der Waals surface area contributed by atoms with Crippen LogP contribution in [-0.4, -0.2) is 45.4 Å². The molecule has 1 fully saturated rings. The average molecular weight is 401 g/mol. The van der Waals surface area contributed by atoms with Gasteiger partial charge in [-0.05, 0) is 30.7 Å². The van der Waals surface area contributed by atoms with Crippen molar-refractivity contribution in [1.82, 2.24) is 4.90 Å². The molecule has 3 rings (SSSR count). The van der Waals surface area contributed by atoms with E-state index in [2.05, 4.69) is 10.3 Å². The van der Waals surface area contributed by atoms with Gasteiger partial charge in [-0.25, -0.2) is 9.38 Å². The summed E-state index contributed by atoms with van der Waals surface area (Å²) in [7, 11) is 0. The van der Waals surface area contributed by atoms with Crippen molar-refractivity contribution < 1.29 is 19.1 Å². The van der Waals surface area contributed by atoms with Crippen LogP contribution >= 0.6 is 11.8 Å². The third-order valence-electron chi connectivity index (χ3n) is 4.06. The van der Waals surface area contributed by atoms with Crippen LogP contribution in [0.3, 0.4) is 0 Å². The van der Waals surface area contributed by atoms with Crippen LogP contribution < -0.4 is 5.32 Å². The van der Waals surface area contributed by atoms with E-state index in [0.717, 1.165) is 0 Å². The molecule has 0 spiro atoms. The Bertz CT molecular complexity index is 876. The molecule has 0 radical (unpaired) electrons. The minimum Gasteiger partial charge on any atom is -0.396 e. The van der Waals surface area contributed by atoms with Gasteiger partial charge in [0.15, 0.2) is 5.17 Å². The van der Waals surface area contributed by atoms with Crippen molar-refractivity contribution in [3.05, 3.63) is 60.4 Å². The van der Waals surface area contributed by atoms with Crippen LogP contribution in [0.1, 0.15) is 12.8 Å². The molecule has 6 nitrogen and oxygen atoms in total. The number of nitrogens with zero attached hydrogens (tertiary/aromatic N) is 2. The molecule has 1 heterocycles. The van der Waals surface area contributed by atoms with E-state index in [4.69, 9.17) is 5.11 Å². The molecular formula is C20H20FN3O3S. The number of halogens is 1. The highest BCUT2D eigenvalue weighted by Crippen LogP contribution is 2.32. The van der Waals surface area contributed by atoms with E-state index >= 15 is 0 Å². The van der Waals surface area contributed by atoms with E-state index in [9.17, 15) is 14.0 Å². The van der Waals surface area contributed by atoms with Gasteiger partial charge in [-0.2, -0.15) is 0 Å². The lowest BCUT2D eigenvalue weighted by atomic mass is 10.2. The van der Waals surface area contributed by atoms with Crippen LogP contribution in [0.4, 0.5) is 15.8 Å². The van der Waals surface area contributed by atoms with Crippen molar-refractivity contribution in [3.63, 3.8) is 0 Å². The second-order valence-electron chi connectivity index (χ2n) is 6.14. The molecule has 1 aliphatic heterocycles. The molecular weight excluding hydrogens is 381 g/mol. The highest BCUT2D eigenvalue weighted by molar-refractivity contribution is 8.15. The fourth-order valence-corrected chi connectivity index (χ4v) is 3.89. The molecule has 0 aromatic heterocycles. The highest BCUT2D eigenvalue weighted by Gasteiger charge is 2.38. The lowest BCUT2D eigenvalue weighted by Gasteiger charge is -2.15. The summed E-state index contributed by atoms with van der Waals surface area (Å²) in [5.41, 5.74) is 0.779. The normalized spacial score (nSPS) is 17.9. The third kappa shape index (κ3) is 4.96. The van der Waals surface area contributed by atoms with Gasteiger partial charge in [0.25, 0.3) is 0 Å². The maximum absolute atomic E-state index is 13.7. The molecule has 2 amide bonds. The maximum Gasteiger partial charge on any atom is 0.242 e. The van der Waals surface area contributed by atoms with E-state index in [-0.39, 0.29) is 24.6 Å². The van der Waals surface area contributed by atoms with Gasteiger partial charge < -0.3 is 10.4 Å². The lowest BCUT2D eigenvalue weighted by molar-refractivity contribution is -0.128. The van der Waals surface area contributed by atoms with Crippen LogP contribution in [-0.2, 0) is 9.59 Å². The molecule has 0 aliphatic carbocycles. The number of hydrogen-bond donors (Lipinski definition) is 2. The first-order valence-corrected chi connectivity index (χ1v) is 9.73. The number of amidine groups is 1. The van der Waals surface area contributed by atoms with Crippen LogP contribution in [0.15, 0.2) is 59.6 Å². The van der Waals surface area contributed by atoms with Crippen molar-refractivity contribution in [2.75, 3.05) is 18.5 Å². The Kier molecular flexibility index (Phi) is 6.78. The molecule has 1 saturated heterocycles. The summed E-state index contributed by atoms with van der Waals surface area (Å²) in [5, 5.41) is 11.5. The second kappa shape index (κ2) is 9.48. The van der Waals surface area contributed by atoms with Gasteiger partial charge in [-0.1, -0.05) is 42.1 Å². The number of thioether (sulfide) groups is 1. The first kappa shape index (κ1) is 20.0. The summed E-state index contributed by atoms with van der Waals surface area (Å²) in [6.07, 6.45) is 0.315. The number of hydrogen-bond acceptors (Lipinski definition) is 5. The number of carbonyl (C=O) groups is 2. The van der Waals surface area contributed by atoms with Gasteiger partial charge in [-0.3, -0.25) is 14.5 Å². The first-order valence-electron chi connectivity index (χ1n) is 8.85. The van der Waals surface area contributed by atoms with Gasteiger partial charge in [0, 0.05) is 19.6 Å². The Balaban J connectivity index is 1.73. The van der Waals surface area contributed by atoms with Gasteiger partial charge >= 0.3 is 0 Å². The summed E-state index contributed by atoms with van der Waals surface area (Å²) in [6, 6.07) is 15.1. The minimum absolute atomic E-state index is 0.0501. The molecule has 1 aliphatic rings. The monoisotopic (exact) mass is 401 g/mol. The van der Waals surface area contributed by atoms with Crippen LogP contribution in [0, 0.1) is 5.82 Å². The van der Waals surface area contributed by atoms with Gasteiger partial charge in [-0.15, -0.1) is 0 Å². The number of aliphatic hydroxyl groups excluding tert-OH is 1. The number of rotatable bonds is 7. The molecule has 28 heavy (non-hydrogen) atoms. The molecule has 2 N–H and O–H groups in total. The fraction of sp³-hybridized carbons (Fsp3) is 0.250. The number of amides is 2. The van der Waals surface area contributed by atoms with E-state index in [0.29, 0.717) is 23.8 Å². The number of anilines is 1. The summed E-state index contributed by atoms with van der Waals surface area (Å²) in [6.45, 7) is 0.269. The zero-order chi connectivity index (χ0) is 19.9. The Hall–Kier alpha value is -2.71. The van der Waals surface area contributed by atoms with Gasteiger partial charge in [0.2, 0.25) is 11.8 Å². The first-order chi connectivity index (χ1) is 13.6. The summed E-state index contributed by atoms with van der Waals surface area (Å²) >= 11 is 1.21. The number of benzene rings is 2. The highest BCUT2D eigenvalue weighted by atomic mass is 32.2. The Morgan fingerprint density at radius 2 is 1.89 bits per heavy atom. The summed E-state index contributed by atoms with van der Waals surface area (Å²) in [5.74, 6) is -1.21. The average Bonchev–Trinajstić information content (AvgIpc) is 2.97. The van der Waals surface area contributed by atoms with E-state index in [1.54, 1.807) is 6.07 Å². The molecule has 146 valence electrons. The number of carbonyl (C=O) groups excluding carboxylic acids is 2. The van der Waals surface area contributed by atoms with Crippen LogP contribution in [0.5, 0.6) is 0 Å². The van der Waals surface area contributed by atoms with Gasteiger partial charge in [0.05, 0.1) is 11.4 Å². The predicted molar refractivity (Wildman–Crippen MR) is 108 cm³/mol. The second-order valence-corrected chi connectivity index (χ2v) is 7.31. The van der Waals surface area contributed by atoms with Crippen molar-refractivity contribution in [2.45, 2.75) is 18.1 Å². The third-order valence-corrected chi connectivity index (χ3v) is 5.23. The van der Waals surface area contributed by atoms with E-state index < -0.39 is 17.0 Å². The summed E-state index contributed by atoms with van der Waals surface area (Å²) in [4.78, 5) is 31.1. The fourth-order valence-electron chi connectivity index (χ4n) is 2.70. The molecule has 0 bridgehead atoms. The van der Waals surface area contributed by atoms with Crippen molar-refractivity contribution in [3.8, 4) is 0 Å². The Morgan fingerprint density at radius 3 is 2.61 bits per heavy atom. The van der Waals surface area contributed by atoms with Crippen molar-refractivity contribution in [2.24, 2.45) is 4.99 Å². The number of para-hydroxylation sites is 2. The number of aliphatic imine (C=N–C) groups is 1. The topological polar surface area (TPSA) is 82.0 Å². The van der Waals surface area contributed by atoms with Gasteiger partial charge in [0.1, 0.15) is 11.1 Å². The minimum atomic E-state index is -0.645. The molecule has 1 atom stereocenters. The lowest BCUT2D eigenvalue weighted by Crippen LogP contribution is -2.34. The number of aliphatic hydroxyl groups is 1. The van der Waals surface area contributed by atoms with Crippen LogP contribution in [0.2, 0.25) is 0 Å². The zero-order valence-electron chi connectivity index (χ0n) is 15.0. The number of nitrogens with one attached hydrogen (secondary N) is 1.